The summed E-state index contributed by atoms with van der Waals surface area (Å²) in [5, 5.41) is 0. The van der Waals surface area contributed by atoms with Crippen LogP contribution in [0.1, 0.15) is 28.7 Å². The molecule has 0 atom stereocenters. The molecule has 1 aliphatic carbocycles. The van der Waals surface area contributed by atoms with Crippen LogP contribution in [0.2, 0.25) is 0 Å². The first-order valence-corrected chi connectivity index (χ1v) is 8.66. The van der Waals surface area contributed by atoms with Gasteiger partial charge in [0.25, 0.3) is 10.0 Å². The minimum absolute atomic E-state index is 0.351. The summed E-state index contributed by atoms with van der Waals surface area (Å²) in [6.07, 6.45) is 3.14. The van der Waals surface area contributed by atoms with Crippen molar-refractivity contribution in [2.45, 2.75) is 38.0 Å². The van der Waals surface area contributed by atoms with Crippen LogP contribution in [0, 0.1) is 13.8 Å². The first-order chi connectivity index (χ1) is 9.95. The molecule has 2 aromatic rings. The molecule has 0 fully saturated rings. The summed E-state index contributed by atoms with van der Waals surface area (Å²) in [7, 11) is -3.52. The molecule has 1 aliphatic rings. The lowest BCUT2D eigenvalue weighted by Crippen LogP contribution is -2.14. The molecule has 1 N–H and O–H groups in total. The van der Waals surface area contributed by atoms with Crippen LogP contribution < -0.4 is 4.72 Å². The van der Waals surface area contributed by atoms with Crippen molar-refractivity contribution in [2.75, 3.05) is 4.72 Å². The topological polar surface area (TPSA) is 46.2 Å². The fourth-order valence-corrected chi connectivity index (χ4v) is 3.94. The van der Waals surface area contributed by atoms with Crippen molar-refractivity contribution >= 4 is 15.7 Å². The van der Waals surface area contributed by atoms with Gasteiger partial charge in [-0.05, 0) is 73.6 Å². The number of rotatable bonds is 3. The van der Waals surface area contributed by atoms with Crippen molar-refractivity contribution in [3.05, 3.63) is 58.7 Å². The molecule has 110 valence electrons. The molecular weight excluding hydrogens is 282 g/mol. The lowest BCUT2D eigenvalue weighted by molar-refractivity contribution is 0.601. The molecule has 2 aromatic carbocycles. The van der Waals surface area contributed by atoms with Gasteiger partial charge in [0.15, 0.2) is 0 Å². The third kappa shape index (κ3) is 2.81. The monoisotopic (exact) mass is 301 g/mol. The van der Waals surface area contributed by atoms with Crippen LogP contribution in [0.5, 0.6) is 0 Å². The lowest BCUT2D eigenvalue weighted by atomic mass is 10.1. The zero-order valence-corrected chi connectivity index (χ0v) is 13.1. The van der Waals surface area contributed by atoms with Crippen molar-refractivity contribution in [1.29, 1.82) is 0 Å². The Kier molecular flexibility index (Phi) is 3.49. The smallest absolute Gasteiger partial charge is 0.261 e. The Morgan fingerprint density at radius 3 is 2.52 bits per heavy atom. The predicted molar refractivity (Wildman–Crippen MR) is 85.2 cm³/mol. The van der Waals surface area contributed by atoms with Crippen LogP contribution in [-0.4, -0.2) is 8.42 Å². The number of benzene rings is 2. The summed E-state index contributed by atoms with van der Waals surface area (Å²) in [4.78, 5) is 0.351. The second kappa shape index (κ2) is 5.19. The maximum Gasteiger partial charge on any atom is 0.261 e. The third-order valence-corrected chi connectivity index (χ3v) is 5.38. The van der Waals surface area contributed by atoms with Gasteiger partial charge in [-0.25, -0.2) is 8.42 Å². The summed E-state index contributed by atoms with van der Waals surface area (Å²) in [6, 6.07) is 11.2. The minimum Gasteiger partial charge on any atom is -0.279 e. The summed E-state index contributed by atoms with van der Waals surface area (Å²) < 4.78 is 27.8. The first-order valence-electron chi connectivity index (χ1n) is 7.17. The minimum atomic E-state index is -3.52. The Hall–Kier alpha value is -1.81. The summed E-state index contributed by atoms with van der Waals surface area (Å²) >= 11 is 0. The maximum atomic E-state index is 12.6. The summed E-state index contributed by atoms with van der Waals surface area (Å²) in [6.45, 7) is 3.85. The zero-order chi connectivity index (χ0) is 15.0. The van der Waals surface area contributed by atoms with Crippen LogP contribution >= 0.6 is 0 Å². The predicted octanol–water partition coefficient (Wildman–Crippen LogP) is 3.59. The van der Waals surface area contributed by atoms with Crippen LogP contribution in [-0.2, 0) is 22.9 Å². The summed E-state index contributed by atoms with van der Waals surface area (Å²) in [5.74, 6) is 0. The van der Waals surface area contributed by atoms with Crippen molar-refractivity contribution in [1.82, 2.24) is 0 Å². The van der Waals surface area contributed by atoms with Crippen LogP contribution in [0.4, 0.5) is 5.69 Å². The number of hydrogen-bond acceptors (Lipinski definition) is 2. The fourth-order valence-electron chi connectivity index (χ4n) is 2.76. The van der Waals surface area contributed by atoms with E-state index < -0.39 is 10.0 Å². The second-order valence-corrected chi connectivity index (χ2v) is 7.39. The van der Waals surface area contributed by atoms with E-state index in [0.717, 1.165) is 30.4 Å². The van der Waals surface area contributed by atoms with E-state index in [0.29, 0.717) is 10.6 Å². The Labute approximate surface area is 126 Å². The van der Waals surface area contributed by atoms with E-state index in [4.69, 9.17) is 0 Å². The average Bonchev–Trinajstić information content (AvgIpc) is 2.90. The molecule has 0 aromatic heterocycles. The van der Waals surface area contributed by atoms with E-state index in [1.165, 1.54) is 11.1 Å². The number of nitrogens with one attached hydrogen (secondary N) is 1. The van der Waals surface area contributed by atoms with Gasteiger partial charge in [-0.3, -0.25) is 4.72 Å². The SMILES string of the molecule is Cc1ccc(C)c(NS(=O)(=O)c2ccc3c(c2)CCC3)c1. The van der Waals surface area contributed by atoms with Gasteiger partial charge in [0.05, 0.1) is 10.6 Å². The number of fused-ring (bicyclic) bond motifs is 1. The van der Waals surface area contributed by atoms with Gasteiger partial charge in [-0.2, -0.15) is 0 Å². The molecule has 0 aliphatic heterocycles. The largest absolute Gasteiger partial charge is 0.279 e. The van der Waals surface area contributed by atoms with E-state index in [2.05, 4.69) is 4.72 Å². The molecule has 3 rings (SSSR count). The van der Waals surface area contributed by atoms with Crippen molar-refractivity contribution in [2.24, 2.45) is 0 Å². The standard InChI is InChI=1S/C17H19NO2S/c1-12-6-7-13(2)17(10-12)18-21(19,20)16-9-8-14-4-3-5-15(14)11-16/h6-11,18H,3-5H2,1-2H3. The maximum absolute atomic E-state index is 12.6. The van der Waals surface area contributed by atoms with Gasteiger partial charge in [-0.1, -0.05) is 18.2 Å². The van der Waals surface area contributed by atoms with Gasteiger partial charge in [-0.15, -0.1) is 0 Å². The van der Waals surface area contributed by atoms with E-state index in [1.807, 2.05) is 44.2 Å². The highest BCUT2D eigenvalue weighted by Gasteiger charge is 2.19. The molecule has 0 heterocycles. The third-order valence-electron chi connectivity index (χ3n) is 4.02. The first kappa shape index (κ1) is 14.1. The molecule has 0 amide bonds. The molecule has 0 saturated carbocycles. The van der Waals surface area contributed by atoms with Gasteiger partial charge < -0.3 is 0 Å². The summed E-state index contributed by atoms with van der Waals surface area (Å²) in [5.41, 5.74) is 5.05. The molecule has 4 heteroatoms. The molecule has 0 spiro atoms. The van der Waals surface area contributed by atoms with Crippen molar-refractivity contribution in [3.63, 3.8) is 0 Å². The number of sulfonamides is 1. The molecule has 0 saturated heterocycles. The highest BCUT2D eigenvalue weighted by molar-refractivity contribution is 7.92. The van der Waals surface area contributed by atoms with Gasteiger partial charge in [0.2, 0.25) is 0 Å². The molecule has 0 unspecified atom stereocenters. The van der Waals surface area contributed by atoms with E-state index >= 15 is 0 Å². The Bertz CT molecular complexity index is 794. The number of aryl methyl sites for hydroxylation is 4. The quantitative estimate of drug-likeness (QED) is 0.941. The highest BCUT2D eigenvalue weighted by atomic mass is 32.2. The Morgan fingerprint density at radius 1 is 0.952 bits per heavy atom. The van der Waals surface area contributed by atoms with Gasteiger partial charge in [0.1, 0.15) is 0 Å². The van der Waals surface area contributed by atoms with E-state index in [9.17, 15) is 8.42 Å². The normalized spacial score (nSPS) is 14.0. The van der Waals surface area contributed by atoms with Crippen LogP contribution in [0.3, 0.4) is 0 Å². The molecule has 0 radical (unpaired) electrons. The van der Waals surface area contributed by atoms with Crippen molar-refractivity contribution < 1.29 is 8.42 Å². The molecule has 0 bridgehead atoms. The Morgan fingerprint density at radius 2 is 1.71 bits per heavy atom. The molecular formula is C17H19NO2S. The molecule has 3 nitrogen and oxygen atoms in total. The van der Waals surface area contributed by atoms with E-state index in [1.54, 1.807) is 6.07 Å². The van der Waals surface area contributed by atoms with Crippen LogP contribution in [0.25, 0.3) is 0 Å². The van der Waals surface area contributed by atoms with Gasteiger partial charge in [0, 0.05) is 0 Å². The average molecular weight is 301 g/mol. The van der Waals surface area contributed by atoms with E-state index in [-0.39, 0.29) is 0 Å². The van der Waals surface area contributed by atoms with Crippen molar-refractivity contribution in [3.8, 4) is 0 Å². The Balaban J connectivity index is 1.95. The second-order valence-electron chi connectivity index (χ2n) is 5.71. The molecule has 21 heavy (non-hydrogen) atoms. The lowest BCUT2D eigenvalue weighted by Gasteiger charge is -2.12. The number of anilines is 1. The van der Waals surface area contributed by atoms with Gasteiger partial charge >= 0.3 is 0 Å². The van der Waals surface area contributed by atoms with Crippen LogP contribution in [0.15, 0.2) is 41.3 Å². The number of hydrogen-bond donors (Lipinski definition) is 1. The highest BCUT2D eigenvalue weighted by Crippen LogP contribution is 2.26. The zero-order valence-electron chi connectivity index (χ0n) is 12.3. The fraction of sp³-hybridized carbons (Fsp3) is 0.294.